The fourth-order valence-electron chi connectivity index (χ4n) is 2.96. The number of nitrogens with two attached hydrogens (primary N) is 1. The highest BCUT2D eigenvalue weighted by atomic mass is 16.5. The lowest BCUT2D eigenvalue weighted by Crippen LogP contribution is -2.44. The molecule has 1 rings (SSSR count). The highest BCUT2D eigenvalue weighted by molar-refractivity contribution is 5.36. The first kappa shape index (κ1) is 18.0. The Labute approximate surface area is 129 Å². The molecule has 0 heterocycles. The number of benzene rings is 1. The molecular weight excluding hydrogens is 262 g/mol. The van der Waals surface area contributed by atoms with Crippen molar-refractivity contribution in [2.45, 2.75) is 32.9 Å². The van der Waals surface area contributed by atoms with Crippen molar-refractivity contribution in [1.82, 2.24) is 9.80 Å². The van der Waals surface area contributed by atoms with E-state index in [4.69, 9.17) is 10.5 Å². The molecule has 0 bridgehead atoms. The van der Waals surface area contributed by atoms with Gasteiger partial charge in [0.1, 0.15) is 5.75 Å². The third kappa shape index (κ3) is 4.99. The SMILES string of the molecule is CCOc1ccccc1C(CN)N(CC)C(C)CN(C)C. The van der Waals surface area contributed by atoms with Crippen LogP contribution in [0.15, 0.2) is 24.3 Å². The van der Waals surface area contributed by atoms with Crippen molar-refractivity contribution in [1.29, 1.82) is 0 Å². The van der Waals surface area contributed by atoms with E-state index in [1.807, 2.05) is 19.1 Å². The molecule has 0 radical (unpaired) electrons. The Bertz CT molecular complexity index is 409. The first-order valence-electron chi connectivity index (χ1n) is 7.87. The summed E-state index contributed by atoms with van der Waals surface area (Å²) in [6.07, 6.45) is 0. The molecule has 0 amide bonds. The summed E-state index contributed by atoms with van der Waals surface area (Å²) in [4.78, 5) is 4.67. The molecule has 2 unspecified atom stereocenters. The van der Waals surface area contributed by atoms with Gasteiger partial charge in [0.05, 0.1) is 12.6 Å². The van der Waals surface area contributed by atoms with Gasteiger partial charge in [-0.1, -0.05) is 25.1 Å². The van der Waals surface area contributed by atoms with E-state index in [1.54, 1.807) is 0 Å². The second-order valence-corrected chi connectivity index (χ2v) is 5.66. The van der Waals surface area contributed by atoms with E-state index >= 15 is 0 Å². The molecule has 4 nitrogen and oxygen atoms in total. The lowest BCUT2D eigenvalue weighted by molar-refractivity contribution is 0.128. The molecule has 0 spiro atoms. The average molecular weight is 293 g/mol. The van der Waals surface area contributed by atoms with Crippen LogP contribution in [0.3, 0.4) is 0 Å². The molecule has 4 heteroatoms. The summed E-state index contributed by atoms with van der Waals surface area (Å²) >= 11 is 0. The topological polar surface area (TPSA) is 41.7 Å². The quantitative estimate of drug-likeness (QED) is 0.759. The Morgan fingerprint density at radius 2 is 1.86 bits per heavy atom. The van der Waals surface area contributed by atoms with Gasteiger partial charge in [-0.2, -0.15) is 0 Å². The maximum absolute atomic E-state index is 6.10. The second-order valence-electron chi connectivity index (χ2n) is 5.66. The molecule has 21 heavy (non-hydrogen) atoms. The maximum atomic E-state index is 6.10. The van der Waals surface area contributed by atoms with Crippen molar-refractivity contribution in [2.75, 3.05) is 40.3 Å². The lowest BCUT2D eigenvalue weighted by Gasteiger charge is -2.37. The zero-order chi connectivity index (χ0) is 15.8. The number of para-hydroxylation sites is 1. The van der Waals surface area contributed by atoms with Crippen LogP contribution in [-0.4, -0.2) is 56.2 Å². The first-order valence-corrected chi connectivity index (χ1v) is 7.87. The fraction of sp³-hybridized carbons (Fsp3) is 0.647. The number of ether oxygens (including phenoxy) is 1. The minimum atomic E-state index is 0.188. The summed E-state index contributed by atoms with van der Waals surface area (Å²) in [5.74, 6) is 0.950. The minimum Gasteiger partial charge on any atom is -0.494 e. The molecule has 1 aromatic carbocycles. The Kier molecular flexibility index (Phi) is 7.72. The molecule has 0 aliphatic rings. The summed E-state index contributed by atoms with van der Waals surface area (Å²) in [5, 5.41) is 0. The fourth-order valence-corrected chi connectivity index (χ4v) is 2.96. The van der Waals surface area contributed by atoms with Gasteiger partial charge in [-0.3, -0.25) is 4.90 Å². The Balaban J connectivity index is 3.04. The summed E-state index contributed by atoms with van der Waals surface area (Å²) in [6.45, 7) is 9.72. The third-order valence-electron chi connectivity index (χ3n) is 3.76. The van der Waals surface area contributed by atoms with E-state index in [-0.39, 0.29) is 6.04 Å². The van der Waals surface area contributed by atoms with Crippen molar-refractivity contribution >= 4 is 0 Å². The van der Waals surface area contributed by atoms with Gasteiger partial charge in [0, 0.05) is 24.7 Å². The average Bonchev–Trinajstić information content (AvgIpc) is 2.45. The van der Waals surface area contributed by atoms with E-state index in [0.717, 1.165) is 18.8 Å². The molecule has 2 atom stereocenters. The smallest absolute Gasteiger partial charge is 0.124 e. The molecule has 0 aliphatic heterocycles. The zero-order valence-corrected chi connectivity index (χ0v) is 14.2. The van der Waals surface area contributed by atoms with E-state index in [2.05, 4.69) is 49.9 Å². The van der Waals surface area contributed by atoms with Crippen LogP contribution in [-0.2, 0) is 0 Å². The number of rotatable bonds is 9. The van der Waals surface area contributed by atoms with Crippen LogP contribution in [0.4, 0.5) is 0 Å². The predicted molar refractivity (Wildman–Crippen MR) is 89.8 cm³/mol. The van der Waals surface area contributed by atoms with Gasteiger partial charge in [0.2, 0.25) is 0 Å². The van der Waals surface area contributed by atoms with Crippen molar-refractivity contribution < 1.29 is 4.74 Å². The normalized spacial score (nSPS) is 14.5. The van der Waals surface area contributed by atoms with Crippen LogP contribution in [0, 0.1) is 0 Å². The van der Waals surface area contributed by atoms with Gasteiger partial charge < -0.3 is 15.4 Å². The second kappa shape index (κ2) is 9.03. The maximum Gasteiger partial charge on any atom is 0.124 e. The van der Waals surface area contributed by atoms with Crippen molar-refractivity contribution in [3.63, 3.8) is 0 Å². The van der Waals surface area contributed by atoms with Gasteiger partial charge in [0.25, 0.3) is 0 Å². The summed E-state index contributed by atoms with van der Waals surface area (Å²) in [6, 6.07) is 8.87. The van der Waals surface area contributed by atoms with Crippen LogP contribution >= 0.6 is 0 Å². The molecule has 0 fully saturated rings. The Morgan fingerprint density at radius 3 is 2.38 bits per heavy atom. The van der Waals surface area contributed by atoms with E-state index in [1.165, 1.54) is 5.56 Å². The highest BCUT2D eigenvalue weighted by Crippen LogP contribution is 2.30. The molecule has 1 aromatic rings. The predicted octanol–water partition coefficient (Wildman–Crippen LogP) is 2.36. The van der Waals surface area contributed by atoms with Crippen molar-refractivity contribution in [3.05, 3.63) is 29.8 Å². The molecule has 0 aromatic heterocycles. The first-order chi connectivity index (χ1) is 10.0. The van der Waals surface area contributed by atoms with Gasteiger partial charge >= 0.3 is 0 Å². The van der Waals surface area contributed by atoms with E-state index in [0.29, 0.717) is 19.2 Å². The molecular formula is C17H31N3O. The number of nitrogens with zero attached hydrogens (tertiary/aromatic N) is 2. The van der Waals surface area contributed by atoms with Crippen LogP contribution in [0.2, 0.25) is 0 Å². The Hall–Kier alpha value is -1.10. The van der Waals surface area contributed by atoms with Crippen LogP contribution < -0.4 is 10.5 Å². The highest BCUT2D eigenvalue weighted by Gasteiger charge is 2.25. The third-order valence-corrected chi connectivity index (χ3v) is 3.76. The summed E-state index contributed by atoms with van der Waals surface area (Å²) < 4.78 is 5.78. The molecule has 0 aliphatic carbocycles. The monoisotopic (exact) mass is 293 g/mol. The zero-order valence-electron chi connectivity index (χ0n) is 14.2. The largest absolute Gasteiger partial charge is 0.494 e. The van der Waals surface area contributed by atoms with Gasteiger partial charge in [-0.15, -0.1) is 0 Å². The van der Waals surface area contributed by atoms with Crippen LogP contribution in [0.1, 0.15) is 32.4 Å². The molecule has 2 N–H and O–H groups in total. The van der Waals surface area contributed by atoms with Crippen LogP contribution in [0.25, 0.3) is 0 Å². The number of likely N-dealkylation sites (N-methyl/N-ethyl adjacent to an activating group) is 2. The van der Waals surface area contributed by atoms with Crippen molar-refractivity contribution in [3.8, 4) is 5.75 Å². The molecule has 120 valence electrons. The minimum absolute atomic E-state index is 0.188. The van der Waals surface area contributed by atoms with Crippen molar-refractivity contribution in [2.24, 2.45) is 5.73 Å². The lowest BCUT2D eigenvalue weighted by atomic mass is 10.0. The summed E-state index contributed by atoms with van der Waals surface area (Å²) in [5.41, 5.74) is 7.29. The van der Waals surface area contributed by atoms with Gasteiger partial charge in [-0.05, 0) is 40.6 Å². The molecule has 0 saturated heterocycles. The van der Waals surface area contributed by atoms with E-state index in [9.17, 15) is 0 Å². The molecule has 0 saturated carbocycles. The van der Waals surface area contributed by atoms with Gasteiger partial charge in [0.15, 0.2) is 0 Å². The standard InChI is InChI=1S/C17H31N3O/c1-6-20(14(3)13-19(4)5)16(12-18)15-10-8-9-11-17(15)21-7-2/h8-11,14,16H,6-7,12-13,18H2,1-5H3. The number of hydrogen-bond acceptors (Lipinski definition) is 4. The Morgan fingerprint density at radius 1 is 1.19 bits per heavy atom. The van der Waals surface area contributed by atoms with Crippen LogP contribution in [0.5, 0.6) is 5.75 Å². The van der Waals surface area contributed by atoms with Gasteiger partial charge in [-0.25, -0.2) is 0 Å². The van der Waals surface area contributed by atoms with E-state index < -0.39 is 0 Å². The summed E-state index contributed by atoms with van der Waals surface area (Å²) in [7, 11) is 4.21. The number of hydrogen-bond donors (Lipinski definition) is 1.